The number of nitrogens with one attached hydrogen (secondary N) is 2. The van der Waals surface area contributed by atoms with Crippen molar-refractivity contribution in [3.05, 3.63) is 94.0 Å². The molecule has 0 saturated carbocycles. The Morgan fingerprint density at radius 3 is 2.42 bits per heavy atom. The van der Waals surface area contributed by atoms with Crippen molar-refractivity contribution in [3.63, 3.8) is 0 Å². The Morgan fingerprint density at radius 2 is 1.77 bits per heavy atom. The molecular weight excluding hydrogens is 396 g/mol. The van der Waals surface area contributed by atoms with Gasteiger partial charge in [-0.2, -0.15) is 0 Å². The number of nitro benzene ring substituents is 1. The number of non-ortho nitro benzene ring substituents is 1. The summed E-state index contributed by atoms with van der Waals surface area (Å²) < 4.78 is 0. The first-order chi connectivity index (χ1) is 14.9. The molecule has 0 radical (unpaired) electrons. The summed E-state index contributed by atoms with van der Waals surface area (Å²) in [7, 11) is 0. The Labute approximate surface area is 177 Å². The van der Waals surface area contributed by atoms with E-state index in [1.54, 1.807) is 30.3 Å². The fourth-order valence-electron chi connectivity index (χ4n) is 3.33. The van der Waals surface area contributed by atoms with Gasteiger partial charge >= 0.3 is 0 Å². The molecule has 0 spiro atoms. The first kappa shape index (κ1) is 19.8. The number of aromatic nitrogens is 1. The van der Waals surface area contributed by atoms with Crippen molar-refractivity contribution >= 4 is 39.6 Å². The third kappa shape index (κ3) is 4.13. The fourth-order valence-corrected chi connectivity index (χ4v) is 3.33. The highest BCUT2D eigenvalue weighted by Gasteiger charge is 2.20. The summed E-state index contributed by atoms with van der Waals surface area (Å²) in [6, 6.07) is 20.5. The molecule has 4 rings (SSSR count). The Balaban J connectivity index is 1.90. The zero-order valence-corrected chi connectivity index (χ0v) is 16.5. The number of nitrogens with zero attached hydrogens (tertiary/aromatic N) is 2. The molecular formula is C23H18N4O4. The number of aliphatic imine (C=N–C) groups is 1. The standard InChI is InChI=1S/C23H18N4O4/c1-14(28)24-16-7-9-17(10-8-16)25-22(15-5-3-2-4-6-15)21-19-13-18(27(30)31)11-12-20(19)26-23(21)29/h2-13,26,29H,1H3,(H,24,28). The molecule has 154 valence electrons. The lowest BCUT2D eigenvalue weighted by atomic mass is 10.0. The highest BCUT2D eigenvalue weighted by Crippen LogP contribution is 2.33. The number of carbonyl (C=O) groups is 1. The van der Waals surface area contributed by atoms with Crippen LogP contribution in [0.2, 0.25) is 0 Å². The molecule has 1 amide bonds. The second kappa shape index (κ2) is 8.11. The normalized spacial score (nSPS) is 11.5. The predicted octanol–water partition coefficient (Wildman–Crippen LogP) is 4.91. The van der Waals surface area contributed by atoms with E-state index in [1.165, 1.54) is 19.1 Å². The minimum absolute atomic E-state index is 0.0835. The van der Waals surface area contributed by atoms with Gasteiger partial charge in [-0.25, -0.2) is 4.99 Å². The van der Waals surface area contributed by atoms with E-state index in [4.69, 9.17) is 4.99 Å². The smallest absolute Gasteiger partial charge is 0.270 e. The van der Waals surface area contributed by atoms with Gasteiger partial charge in [0, 0.05) is 41.2 Å². The van der Waals surface area contributed by atoms with Crippen molar-refractivity contribution in [3.8, 4) is 5.88 Å². The molecule has 3 aromatic carbocycles. The zero-order chi connectivity index (χ0) is 22.0. The first-order valence-corrected chi connectivity index (χ1v) is 9.43. The van der Waals surface area contributed by atoms with Crippen LogP contribution in [0.3, 0.4) is 0 Å². The topological polar surface area (TPSA) is 121 Å². The summed E-state index contributed by atoms with van der Waals surface area (Å²) in [4.78, 5) is 29.6. The maximum absolute atomic E-state index is 11.3. The molecule has 31 heavy (non-hydrogen) atoms. The lowest BCUT2D eigenvalue weighted by Crippen LogP contribution is -2.05. The van der Waals surface area contributed by atoms with E-state index in [1.807, 2.05) is 30.3 Å². The molecule has 0 aliphatic rings. The molecule has 0 unspecified atom stereocenters. The van der Waals surface area contributed by atoms with Crippen molar-refractivity contribution < 1.29 is 14.8 Å². The third-order valence-corrected chi connectivity index (χ3v) is 4.69. The highest BCUT2D eigenvalue weighted by molar-refractivity contribution is 6.22. The van der Waals surface area contributed by atoms with Crippen LogP contribution in [0.1, 0.15) is 18.1 Å². The van der Waals surface area contributed by atoms with E-state index >= 15 is 0 Å². The molecule has 3 N–H and O–H groups in total. The quantitative estimate of drug-likeness (QED) is 0.244. The van der Waals surface area contributed by atoms with Gasteiger partial charge in [0.2, 0.25) is 5.91 Å². The van der Waals surface area contributed by atoms with Gasteiger partial charge in [0.1, 0.15) is 0 Å². The predicted molar refractivity (Wildman–Crippen MR) is 119 cm³/mol. The lowest BCUT2D eigenvalue weighted by molar-refractivity contribution is -0.384. The summed E-state index contributed by atoms with van der Waals surface area (Å²) in [5.41, 5.74) is 3.26. The number of amides is 1. The van der Waals surface area contributed by atoms with E-state index in [0.717, 1.165) is 5.56 Å². The van der Waals surface area contributed by atoms with Crippen molar-refractivity contribution in [1.82, 2.24) is 4.98 Å². The second-order valence-electron chi connectivity index (χ2n) is 6.89. The third-order valence-electron chi connectivity index (χ3n) is 4.69. The molecule has 0 saturated heterocycles. The van der Waals surface area contributed by atoms with Gasteiger partial charge in [0.25, 0.3) is 5.69 Å². The summed E-state index contributed by atoms with van der Waals surface area (Å²) in [6.07, 6.45) is 0. The number of fused-ring (bicyclic) bond motifs is 1. The van der Waals surface area contributed by atoms with E-state index in [0.29, 0.717) is 33.6 Å². The lowest BCUT2D eigenvalue weighted by Gasteiger charge is -2.08. The van der Waals surface area contributed by atoms with Crippen LogP contribution in [0.25, 0.3) is 10.9 Å². The number of hydrogen-bond donors (Lipinski definition) is 3. The molecule has 0 bridgehead atoms. The zero-order valence-electron chi connectivity index (χ0n) is 16.5. The van der Waals surface area contributed by atoms with Crippen LogP contribution in [0.5, 0.6) is 5.88 Å². The highest BCUT2D eigenvalue weighted by atomic mass is 16.6. The van der Waals surface area contributed by atoms with Gasteiger partial charge in [0.15, 0.2) is 5.88 Å². The van der Waals surface area contributed by atoms with Crippen LogP contribution in [0, 0.1) is 10.1 Å². The number of anilines is 1. The van der Waals surface area contributed by atoms with Gasteiger partial charge in [-0.15, -0.1) is 0 Å². The molecule has 0 fully saturated rings. The molecule has 1 heterocycles. The van der Waals surface area contributed by atoms with Crippen LogP contribution >= 0.6 is 0 Å². The number of aromatic hydroxyl groups is 1. The number of aromatic amines is 1. The average Bonchev–Trinajstić information content (AvgIpc) is 3.08. The Hall–Kier alpha value is -4.46. The molecule has 4 aromatic rings. The van der Waals surface area contributed by atoms with E-state index in [9.17, 15) is 20.0 Å². The van der Waals surface area contributed by atoms with Crippen molar-refractivity contribution in [2.24, 2.45) is 4.99 Å². The van der Waals surface area contributed by atoms with Gasteiger partial charge in [-0.3, -0.25) is 14.9 Å². The maximum Gasteiger partial charge on any atom is 0.270 e. The summed E-state index contributed by atoms with van der Waals surface area (Å²) >= 11 is 0. The number of benzene rings is 3. The van der Waals surface area contributed by atoms with Crippen molar-refractivity contribution in [2.75, 3.05) is 5.32 Å². The molecule has 0 aliphatic heterocycles. The van der Waals surface area contributed by atoms with Gasteiger partial charge < -0.3 is 15.4 Å². The van der Waals surface area contributed by atoms with Crippen molar-refractivity contribution in [1.29, 1.82) is 0 Å². The number of hydrogen-bond acceptors (Lipinski definition) is 5. The first-order valence-electron chi connectivity index (χ1n) is 9.43. The molecule has 0 atom stereocenters. The minimum atomic E-state index is -0.479. The summed E-state index contributed by atoms with van der Waals surface area (Å²) in [6.45, 7) is 1.43. The largest absolute Gasteiger partial charge is 0.494 e. The molecule has 8 nitrogen and oxygen atoms in total. The Morgan fingerprint density at radius 1 is 1.06 bits per heavy atom. The van der Waals surface area contributed by atoms with Crippen molar-refractivity contribution in [2.45, 2.75) is 6.92 Å². The number of rotatable bonds is 5. The Bertz CT molecular complexity index is 1310. The summed E-state index contributed by atoms with van der Waals surface area (Å²) in [5, 5.41) is 25.1. The number of carbonyl (C=O) groups excluding carboxylic acids is 1. The van der Waals surface area contributed by atoms with Gasteiger partial charge in [-0.1, -0.05) is 30.3 Å². The van der Waals surface area contributed by atoms with Gasteiger partial charge in [0.05, 0.1) is 21.9 Å². The van der Waals surface area contributed by atoms with Crippen LogP contribution < -0.4 is 5.32 Å². The number of nitro groups is 1. The molecule has 8 heteroatoms. The van der Waals surface area contributed by atoms with Crippen LogP contribution in [-0.4, -0.2) is 26.6 Å². The van der Waals surface area contributed by atoms with Crippen LogP contribution in [-0.2, 0) is 4.79 Å². The van der Waals surface area contributed by atoms with Crippen LogP contribution in [0.15, 0.2) is 77.8 Å². The maximum atomic E-state index is 11.3. The SMILES string of the molecule is CC(=O)Nc1ccc(N=C(c2ccccc2)c2c(O)[nH]c3ccc([N+](=O)[O-])cc23)cc1. The van der Waals surface area contributed by atoms with Gasteiger partial charge in [-0.05, 0) is 30.3 Å². The molecule has 1 aromatic heterocycles. The van der Waals surface area contributed by atoms with E-state index in [2.05, 4.69) is 10.3 Å². The summed E-state index contributed by atoms with van der Waals surface area (Å²) in [5.74, 6) is -0.306. The molecule has 0 aliphatic carbocycles. The fraction of sp³-hybridized carbons (Fsp3) is 0.0435. The average molecular weight is 414 g/mol. The minimum Gasteiger partial charge on any atom is -0.494 e. The monoisotopic (exact) mass is 414 g/mol. The number of H-pyrrole nitrogens is 1. The van der Waals surface area contributed by atoms with Crippen LogP contribution in [0.4, 0.5) is 17.1 Å². The van der Waals surface area contributed by atoms with E-state index in [-0.39, 0.29) is 17.5 Å². The second-order valence-corrected chi connectivity index (χ2v) is 6.89. The van der Waals surface area contributed by atoms with E-state index < -0.39 is 4.92 Å². The Kier molecular flexibility index (Phi) is 5.19.